The zero-order valence-electron chi connectivity index (χ0n) is 10.1. The molecule has 1 aromatic carbocycles. The Morgan fingerprint density at radius 2 is 1.80 bits per heavy atom. The second kappa shape index (κ2) is 5.02. The van der Waals surface area contributed by atoms with Gasteiger partial charge in [0.05, 0.1) is 23.5 Å². The summed E-state index contributed by atoms with van der Waals surface area (Å²) in [4.78, 5) is 33.0. The summed E-state index contributed by atoms with van der Waals surface area (Å²) in [6.45, 7) is -0.962. The Bertz CT molecular complexity index is 681. The fourth-order valence-electron chi connectivity index (χ4n) is 1.72. The minimum Gasteiger partial charge on any atom is -0.478 e. The zero-order chi connectivity index (χ0) is 14.9. The van der Waals surface area contributed by atoms with E-state index in [9.17, 15) is 22.8 Å². The van der Waals surface area contributed by atoms with Crippen molar-refractivity contribution in [3.8, 4) is 0 Å². The zero-order valence-corrected chi connectivity index (χ0v) is 10.9. The van der Waals surface area contributed by atoms with Crippen molar-refractivity contribution in [2.45, 2.75) is 4.90 Å². The molecule has 9 heteroatoms. The predicted octanol–water partition coefficient (Wildman–Crippen LogP) is -0.968. The average molecular weight is 298 g/mol. The fraction of sp³-hybridized carbons (Fsp3) is 0.182. The highest BCUT2D eigenvalue weighted by Gasteiger charge is 2.33. The van der Waals surface area contributed by atoms with Gasteiger partial charge in [0.25, 0.3) is 0 Å². The molecule has 0 atom stereocenters. The van der Waals surface area contributed by atoms with Gasteiger partial charge in [0.15, 0.2) is 0 Å². The Morgan fingerprint density at radius 3 is 2.35 bits per heavy atom. The number of carbonyl (C=O) groups excluding carboxylic acids is 2. The Hall–Kier alpha value is -2.26. The van der Waals surface area contributed by atoms with Crippen LogP contribution in [0.5, 0.6) is 0 Å². The third-order valence-corrected chi connectivity index (χ3v) is 4.43. The summed E-state index contributed by atoms with van der Waals surface area (Å²) in [6.07, 6.45) is 0. The topological polar surface area (TPSA) is 121 Å². The molecule has 1 aliphatic rings. The Balaban J connectivity index is 2.39. The number of hydrogen-bond acceptors (Lipinski definition) is 5. The molecular formula is C11H10N2O6S. The van der Waals surface area contributed by atoms with Gasteiger partial charge in [0.1, 0.15) is 0 Å². The van der Waals surface area contributed by atoms with Gasteiger partial charge in [0, 0.05) is 0 Å². The van der Waals surface area contributed by atoms with Gasteiger partial charge in [-0.1, -0.05) is 6.07 Å². The number of carboxylic acid groups (broad SMARTS) is 1. The third-order valence-electron chi connectivity index (χ3n) is 2.64. The van der Waals surface area contributed by atoms with Crippen molar-refractivity contribution in [1.29, 1.82) is 0 Å². The molecule has 0 unspecified atom stereocenters. The maximum Gasteiger partial charge on any atom is 0.335 e. The smallest absolute Gasteiger partial charge is 0.335 e. The first-order valence-corrected chi connectivity index (χ1v) is 6.91. The third kappa shape index (κ3) is 2.68. The minimum absolute atomic E-state index is 0.195. The molecule has 1 aliphatic heterocycles. The van der Waals surface area contributed by atoms with E-state index in [1.54, 1.807) is 0 Å². The normalized spacial score (nSPS) is 16.8. The number of amides is 2. The van der Waals surface area contributed by atoms with Crippen molar-refractivity contribution in [3.05, 3.63) is 29.8 Å². The van der Waals surface area contributed by atoms with Crippen molar-refractivity contribution < 1.29 is 27.9 Å². The van der Waals surface area contributed by atoms with Gasteiger partial charge >= 0.3 is 5.97 Å². The van der Waals surface area contributed by atoms with Gasteiger partial charge in [-0.15, -0.1) is 0 Å². The van der Waals surface area contributed by atoms with Crippen molar-refractivity contribution in [2.75, 3.05) is 13.1 Å². The van der Waals surface area contributed by atoms with E-state index in [0.29, 0.717) is 4.31 Å². The van der Waals surface area contributed by atoms with Crippen LogP contribution in [0.1, 0.15) is 10.4 Å². The summed E-state index contributed by atoms with van der Waals surface area (Å²) >= 11 is 0. The van der Waals surface area contributed by atoms with Gasteiger partial charge in [0.2, 0.25) is 21.8 Å². The van der Waals surface area contributed by atoms with Crippen LogP contribution in [0, 0.1) is 0 Å². The molecule has 0 radical (unpaired) electrons. The van der Waals surface area contributed by atoms with Gasteiger partial charge in [-0.2, -0.15) is 4.31 Å². The second-order valence-electron chi connectivity index (χ2n) is 4.08. The number of carbonyl (C=O) groups is 3. The Morgan fingerprint density at radius 1 is 1.20 bits per heavy atom. The number of piperazine rings is 1. The standard InChI is InChI=1S/C11H10N2O6S/c14-9-5-13(6-10(15)12-9)20(18,19)8-3-1-2-7(4-8)11(16)17/h1-4H,5-6H2,(H,16,17)(H,12,14,15). The number of sulfonamides is 1. The fourth-order valence-corrected chi connectivity index (χ4v) is 3.12. The number of nitrogens with zero attached hydrogens (tertiary/aromatic N) is 1. The summed E-state index contributed by atoms with van der Waals surface area (Å²) in [6, 6.07) is 4.71. The van der Waals surface area contributed by atoms with Crippen LogP contribution < -0.4 is 5.32 Å². The van der Waals surface area contributed by atoms with Gasteiger partial charge in [-0.25, -0.2) is 13.2 Å². The lowest BCUT2D eigenvalue weighted by molar-refractivity contribution is -0.134. The molecule has 0 aliphatic carbocycles. The lowest BCUT2D eigenvalue weighted by Gasteiger charge is -2.24. The van der Waals surface area contributed by atoms with Crippen LogP contribution in [0.15, 0.2) is 29.2 Å². The van der Waals surface area contributed by atoms with E-state index < -0.39 is 40.9 Å². The summed E-state index contributed by atoms with van der Waals surface area (Å²) in [7, 11) is -4.10. The summed E-state index contributed by atoms with van der Waals surface area (Å²) in [5.74, 6) is -2.71. The van der Waals surface area contributed by atoms with Crippen LogP contribution in [0.4, 0.5) is 0 Å². The molecule has 0 aromatic heterocycles. The average Bonchev–Trinajstić information content (AvgIpc) is 2.37. The maximum atomic E-state index is 12.3. The number of hydrogen-bond donors (Lipinski definition) is 2. The van der Waals surface area contributed by atoms with E-state index >= 15 is 0 Å². The van der Waals surface area contributed by atoms with Gasteiger partial charge in [-0.3, -0.25) is 14.9 Å². The van der Waals surface area contributed by atoms with E-state index in [2.05, 4.69) is 0 Å². The van der Waals surface area contributed by atoms with Gasteiger partial charge < -0.3 is 5.11 Å². The van der Waals surface area contributed by atoms with Crippen molar-refractivity contribution in [3.63, 3.8) is 0 Å². The summed E-state index contributed by atoms with van der Waals surface area (Å²) in [5.41, 5.74) is -0.195. The molecule has 1 fully saturated rings. The van der Waals surface area contributed by atoms with Crippen LogP contribution in [-0.2, 0) is 19.6 Å². The maximum absolute atomic E-state index is 12.3. The quantitative estimate of drug-likeness (QED) is 0.693. The van der Waals surface area contributed by atoms with Crippen LogP contribution in [-0.4, -0.2) is 48.7 Å². The summed E-state index contributed by atoms with van der Waals surface area (Å²) in [5, 5.41) is 10.8. The largest absolute Gasteiger partial charge is 0.478 e. The number of nitrogens with one attached hydrogen (secondary N) is 1. The Kier molecular flexibility index (Phi) is 3.55. The molecule has 20 heavy (non-hydrogen) atoms. The first-order chi connectivity index (χ1) is 9.30. The molecule has 106 valence electrons. The number of imide groups is 1. The monoisotopic (exact) mass is 298 g/mol. The molecule has 2 N–H and O–H groups in total. The lowest BCUT2D eigenvalue weighted by atomic mass is 10.2. The number of carboxylic acids is 1. The molecule has 1 aromatic rings. The van der Waals surface area contributed by atoms with E-state index in [4.69, 9.17) is 5.11 Å². The van der Waals surface area contributed by atoms with Crippen molar-refractivity contribution in [1.82, 2.24) is 9.62 Å². The first kappa shape index (κ1) is 14.2. The van der Waals surface area contributed by atoms with Crippen LogP contribution in [0.3, 0.4) is 0 Å². The molecule has 0 spiro atoms. The first-order valence-electron chi connectivity index (χ1n) is 5.47. The molecular weight excluding hydrogens is 288 g/mol. The molecule has 0 bridgehead atoms. The van der Waals surface area contributed by atoms with E-state index in [0.717, 1.165) is 6.07 Å². The minimum atomic E-state index is -4.10. The van der Waals surface area contributed by atoms with Crippen LogP contribution >= 0.6 is 0 Å². The molecule has 2 amide bonds. The highest BCUT2D eigenvalue weighted by atomic mass is 32.2. The lowest BCUT2D eigenvalue weighted by Crippen LogP contribution is -2.53. The second-order valence-corrected chi connectivity index (χ2v) is 6.02. The number of rotatable bonds is 3. The Labute approximate surface area is 114 Å². The molecule has 0 saturated carbocycles. The SMILES string of the molecule is O=C1CN(S(=O)(=O)c2cccc(C(=O)O)c2)CC(=O)N1. The number of benzene rings is 1. The molecule has 1 heterocycles. The predicted molar refractivity (Wildman–Crippen MR) is 65.3 cm³/mol. The summed E-state index contributed by atoms with van der Waals surface area (Å²) < 4.78 is 25.2. The van der Waals surface area contributed by atoms with Crippen LogP contribution in [0.25, 0.3) is 0 Å². The van der Waals surface area contributed by atoms with Crippen molar-refractivity contribution in [2.24, 2.45) is 0 Å². The van der Waals surface area contributed by atoms with Gasteiger partial charge in [-0.05, 0) is 18.2 Å². The van der Waals surface area contributed by atoms with Crippen molar-refractivity contribution >= 4 is 27.8 Å². The molecule has 2 rings (SSSR count). The highest BCUT2D eigenvalue weighted by molar-refractivity contribution is 7.89. The highest BCUT2D eigenvalue weighted by Crippen LogP contribution is 2.18. The molecule has 8 nitrogen and oxygen atoms in total. The van der Waals surface area contributed by atoms with E-state index in [1.165, 1.54) is 18.2 Å². The molecule has 1 saturated heterocycles. The van der Waals surface area contributed by atoms with E-state index in [1.807, 2.05) is 5.32 Å². The van der Waals surface area contributed by atoms with E-state index in [-0.39, 0.29) is 10.5 Å². The van der Waals surface area contributed by atoms with Crippen LogP contribution in [0.2, 0.25) is 0 Å². The number of aromatic carboxylic acids is 1.